The quantitative estimate of drug-likeness (QED) is 0.497. The number of ether oxygens (including phenoxy) is 2. The summed E-state index contributed by atoms with van der Waals surface area (Å²) in [5, 5.41) is 3.63. The number of carbonyl (C=O) groups is 1. The second kappa shape index (κ2) is 7.81. The molecule has 4 aromatic rings. The minimum Gasteiger partial charge on any atom is -0.493 e. The van der Waals surface area contributed by atoms with Crippen LogP contribution in [0.15, 0.2) is 60.7 Å². The van der Waals surface area contributed by atoms with E-state index in [0.717, 1.165) is 21.5 Å². The number of anilines is 2. The Kier molecular flexibility index (Phi) is 5.05. The molecule has 0 unspecified atom stereocenters. The van der Waals surface area contributed by atoms with Gasteiger partial charge in [-0.05, 0) is 24.3 Å². The molecule has 0 saturated carbocycles. The highest BCUT2D eigenvalue weighted by molar-refractivity contribution is 7.21. The van der Waals surface area contributed by atoms with E-state index in [2.05, 4.69) is 10.3 Å². The molecular weight excluding hydrogens is 386 g/mol. The molecule has 1 amide bonds. The minimum atomic E-state index is -0.293. The summed E-state index contributed by atoms with van der Waals surface area (Å²) in [6.45, 7) is 0. The standard InChI is InChI=1S/C22H19N3O3S/c1-27-17-11-8-14(12-18(17)28-2)24-21(26)20-19(23)15-9-10-16(25-22(15)29-20)13-6-4-3-5-7-13/h3-12H,23H2,1-2H3,(H,24,26). The van der Waals surface area contributed by atoms with Crippen LogP contribution in [0, 0.1) is 0 Å². The van der Waals surface area contributed by atoms with Gasteiger partial charge in [0.2, 0.25) is 0 Å². The van der Waals surface area contributed by atoms with Gasteiger partial charge in [-0.1, -0.05) is 30.3 Å². The summed E-state index contributed by atoms with van der Waals surface area (Å²) in [6.07, 6.45) is 0. The highest BCUT2D eigenvalue weighted by Crippen LogP contribution is 2.35. The third-order valence-electron chi connectivity index (χ3n) is 4.51. The van der Waals surface area contributed by atoms with Gasteiger partial charge in [-0.3, -0.25) is 4.79 Å². The maximum absolute atomic E-state index is 12.8. The molecule has 146 valence electrons. The number of hydrogen-bond donors (Lipinski definition) is 2. The number of carbonyl (C=O) groups excluding carboxylic acids is 1. The molecular formula is C22H19N3O3S. The zero-order chi connectivity index (χ0) is 20.4. The molecule has 4 rings (SSSR count). The Balaban J connectivity index is 1.65. The SMILES string of the molecule is COc1ccc(NC(=O)c2sc3nc(-c4ccccc4)ccc3c2N)cc1OC. The average Bonchev–Trinajstić information content (AvgIpc) is 3.10. The van der Waals surface area contributed by atoms with Crippen molar-refractivity contribution in [2.75, 3.05) is 25.3 Å². The van der Waals surface area contributed by atoms with Gasteiger partial charge in [-0.25, -0.2) is 4.98 Å². The maximum atomic E-state index is 12.8. The van der Waals surface area contributed by atoms with Crippen molar-refractivity contribution in [3.05, 3.63) is 65.5 Å². The normalized spacial score (nSPS) is 10.7. The van der Waals surface area contributed by atoms with E-state index in [0.29, 0.717) is 27.8 Å². The zero-order valence-corrected chi connectivity index (χ0v) is 16.7. The lowest BCUT2D eigenvalue weighted by molar-refractivity contribution is 0.103. The monoisotopic (exact) mass is 405 g/mol. The van der Waals surface area contributed by atoms with E-state index < -0.39 is 0 Å². The molecule has 0 spiro atoms. The van der Waals surface area contributed by atoms with Crippen LogP contribution in [0.1, 0.15) is 9.67 Å². The molecule has 3 N–H and O–H groups in total. The molecule has 0 aliphatic carbocycles. The molecule has 6 nitrogen and oxygen atoms in total. The number of amides is 1. The van der Waals surface area contributed by atoms with Crippen molar-refractivity contribution < 1.29 is 14.3 Å². The number of aromatic nitrogens is 1. The Morgan fingerprint density at radius 2 is 1.76 bits per heavy atom. The van der Waals surface area contributed by atoms with E-state index in [1.165, 1.54) is 11.3 Å². The Hall–Kier alpha value is -3.58. The van der Waals surface area contributed by atoms with Gasteiger partial charge < -0.3 is 20.5 Å². The van der Waals surface area contributed by atoms with Crippen LogP contribution < -0.4 is 20.5 Å². The second-order valence-corrected chi connectivity index (χ2v) is 7.28. The van der Waals surface area contributed by atoms with Crippen molar-refractivity contribution in [2.24, 2.45) is 0 Å². The molecule has 0 aliphatic rings. The van der Waals surface area contributed by atoms with E-state index in [1.54, 1.807) is 32.4 Å². The first-order valence-electron chi connectivity index (χ1n) is 8.88. The second-order valence-electron chi connectivity index (χ2n) is 6.28. The molecule has 0 saturated heterocycles. The van der Waals surface area contributed by atoms with Gasteiger partial charge in [0, 0.05) is 22.7 Å². The molecule has 2 heterocycles. The molecule has 0 atom stereocenters. The average molecular weight is 405 g/mol. The molecule has 0 aliphatic heterocycles. The highest BCUT2D eigenvalue weighted by Gasteiger charge is 2.18. The number of nitrogens with two attached hydrogens (primary N) is 1. The predicted molar refractivity (Wildman–Crippen MR) is 117 cm³/mol. The van der Waals surface area contributed by atoms with Gasteiger partial charge in [0.05, 0.1) is 25.6 Å². The Morgan fingerprint density at radius 1 is 1.00 bits per heavy atom. The van der Waals surface area contributed by atoms with Crippen LogP contribution in [0.3, 0.4) is 0 Å². The smallest absolute Gasteiger partial charge is 0.267 e. The fourth-order valence-electron chi connectivity index (χ4n) is 3.04. The zero-order valence-electron chi connectivity index (χ0n) is 15.9. The van der Waals surface area contributed by atoms with Crippen LogP contribution in [0.25, 0.3) is 21.5 Å². The largest absolute Gasteiger partial charge is 0.493 e. The first kappa shape index (κ1) is 18.8. The summed E-state index contributed by atoms with van der Waals surface area (Å²) in [5.41, 5.74) is 9.11. The highest BCUT2D eigenvalue weighted by atomic mass is 32.1. The molecule has 2 aromatic carbocycles. The number of pyridine rings is 1. The van der Waals surface area contributed by atoms with Crippen LogP contribution >= 0.6 is 11.3 Å². The molecule has 29 heavy (non-hydrogen) atoms. The first-order valence-corrected chi connectivity index (χ1v) is 9.70. The van der Waals surface area contributed by atoms with Crippen LogP contribution in [0.5, 0.6) is 11.5 Å². The van der Waals surface area contributed by atoms with Crippen molar-refractivity contribution in [1.29, 1.82) is 0 Å². The number of nitrogens with zero attached hydrogens (tertiary/aromatic N) is 1. The lowest BCUT2D eigenvalue weighted by Crippen LogP contribution is -2.12. The van der Waals surface area contributed by atoms with Crippen molar-refractivity contribution in [3.8, 4) is 22.8 Å². The van der Waals surface area contributed by atoms with Gasteiger partial charge in [0.15, 0.2) is 11.5 Å². The molecule has 0 bridgehead atoms. The van der Waals surface area contributed by atoms with Crippen molar-refractivity contribution >= 4 is 38.8 Å². The number of hydrogen-bond acceptors (Lipinski definition) is 6. The Morgan fingerprint density at radius 3 is 2.48 bits per heavy atom. The van der Waals surface area contributed by atoms with Gasteiger partial charge in [-0.2, -0.15) is 0 Å². The van der Waals surface area contributed by atoms with Crippen LogP contribution in [0.4, 0.5) is 11.4 Å². The van der Waals surface area contributed by atoms with Crippen LogP contribution in [0.2, 0.25) is 0 Å². The maximum Gasteiger partial charge on any atom is 0.267 e. The van der Waals surface area contributed by atoms with E-state index in [4.69, 9.17) is 15.2 Å². The van der Waals surface area contributed by atoms with Gasteiger partial charge >= 0.3 is 0 Å². The van der Waals surface area contributed by atoms with Crippen molar-refractivity contribution in [1.82, 2.24) is 4.98 Å². The third kappa shape index (κ3) is 3.60. The van der Waals surface area contributed by atoms with Gasteiger partial charge in [0.1, 0.15) is 9.71 Å². The lowest BCUT2D eigenvalue weighted by atomic mass is 10.1. The van der Waals surface area contributed by atoms with Gasteiger partial charge in [-0.15, -0.1) is 11.3 Å². The lowest BCUT2D eigenvalue weighted by Gasteiger charge is -2.10. The number of rotatable bonds is 5. The van der Waals surface area contributed by atoms with E-state index >= 15 is 0 Å². The molecule has 0 radical (unpaired) electrons. The minimum absolute atomic E-state index is 0.293. The fraction of sp³-hybridized carbons (Fsp3) is 0.0909. The topological polar surface area (TPSA) is 86.5 Å². The number of thiophene rings is 1. The number of nitrogen functional groups attached to an aromatic ring is 1. The molecule has 0 fully saturated rings. The van der Waals surface area contributed by atoms with Gasteiger partial charge in [0.25, 0.3) is 5.91 Å². The van der Waals surface area contributed by atoms with E-state index in [9.17, 15) is 4.79 Å². The fourth-order valence-corrected chi connectivity index (χ4v) is 4.03. The number of nitrogens with one attached hydrogen (secondary N) is 1. The number of benzene rings is 2. The van der Waals surface area contributed by atoms with Crippen molar-refractivity contribution in [3.63, 3.8) is 0 Å². The Bertz CT molecular complexity index is 1190. The summed E-state index contributed by atoms with van der Waals surface area (Å²) >= 11 is 1.27. The summed E-state index contributed by atoms with van der Waals surface area (Å²) in [7, 11) is 3.11. The number of methoxy groups -OCH3 is 2. The molecule has 7 heteroatoms. The third-order valence-corrected chi connectivity index (χ3v) is 5.62. The van der Waals surface area contributed by atoms with Crippen LogP contribution in [-0.2, 0) is 0 Å². The molecule has 2 aromatic heterocycles. The number of fused-ring (bicyclic) bond motifs is 1. The summed E-state index contributed by atoms with van der Waals surface area (Å²) in [4.78, 5) is 18.7. The first-order chi connectivity index (χ1) is 14.1. The summed E-state index contributed by atoms with van der Waals surface area (Å²) < 4.78 is 10.5. The van der Waals surface area contributed by atoms with E-state index in [-0.39, 0.29) is 5.91 Å². The Labute approximate surface area is 171 Å². The summed E-state index contributed by atoms with van der Waals surface area (Å²) in [5.74, 6) is 0.826. The van der Waals surface area contributed by atoms with Crippen molar-refractivity contribution in [2.45, 2.75) is 0 Å². The predicted octanol–water partition coefficient (Wildman–Crippen LogP) is 4.82. The van der Waals surface area contributed by atoms with Crippen LogP contribution in [-0.4, -0.2) is 25.1 Å². The summed E-state index contributed by atoms with van der Waals surface area (Å²) in [6, 6.07) is 18.9. The van der Waals surface area contributed by atoms with E-state index in [1.807, 2.05) is 42.5 Å².